The Kier molecular flexibility index (Phi) is 6.89. The second-order valence-electron chi connectivity index (χ2n) is 10.3. The highest BCUT2D eigenvalue weighted by atomic mass is 28.5. The van der Waals surface area contributed by atoms with Crippen molar-refractivity contribution in [2.24, 2.45) is 0 Å². The van der Waals surface area contributed by atoms with Gasteiger partial charge in [-0.3, -0.25) is 18.4 Å². The lowest BCUT2D eigenvalue weighted by Gasteiger charge is -2.56. The fourth-order valence-corrected chi connectivity index (χ4v) is 15.9. The smallest absolute Gasteiger partial charge is 0.494 e. The molecular formula is C24H29O10Si3. The summed E-state index contributed by atoms with van der Waals surface area (Å²) >= 11 is 0. The fraction of sp³-hybridized carbons (Fsp3) is 0.417. The molecule has 4 aliphatic heterocycles. The van der Waals surface area contributed by atoms with Gasteiger partial charge in [0, 0.05) is 17.2 Å². The number of rotatable bonds is 9. The van der Waals surface area contributed by atoms with Crippen molar-refractivity contribution in [1.82, 2.24) is 0 Å². The Balaban J connectivity index is 1.10. The third kappa shape index (κ3) is 5.85. The van der Waals surface area contributed by atoms with E-state index in [0.717, 1.165) is 5.56 Å². The zero-order chi connectivity index (χ0) is 26.5. The maximum absolute atomic E-state index is 12.6. The standard InChI is InChI=1S/C24H29O10Si3/c1-23(2,3)19-9-5-17(6-10-19)21(25)15-22(26)18-7-11-20(12-8-18)29-13-4-14-37-32-24(27)30-35(33-37)16-36(28,31-24)34-37/h5-12,27-28H,4,13-16H2,1-3H3. The van der Waals surface area contributed by atoms with Crippen LogP contribution in [0.4, 0.5) is 0 Å². The maximum Gasteiger partial charge on any atom is 0.498 e. The quantitative estimate of drug-likeness (QED) is 0.204. The third-order valence-corrected chi connectivity index (χ3v) is 16.4. The number of hydrogen-bond donors (Lipinski definition) is 2. The number of benzene rings is 2. The molecule has 2 aromatic carbocycles. The molecule has 4 bridgehead atoms. The number of hydrogen-bond acceptors (Lipinski definition) is 10. The second-order valence-corrected chi connectivity index (χ2v) is 18.0. The van der Waals surface area contributed by atoms with Crippen LogP contribution in [-0.4, -0.2) is 61.1 Å². The van der Waals surface area contributed by atoms with Gasteiger partial charge in [-0.05, 0) is 41.7 Å². The van der Waals surface area contributed by atoms with E-state index in [9.17, 15) is 19.5 Å². The van der Waals surface area contributed by atoms with Crippen molar-refractivity contribution < 1.29 is 45.7 Å². The Labute approximate surface area is 218 Å². The lowest BCUT2D eigenvalue weighted by Crippen LogP contribution is -2.81. The number of carbonyl (C=O) groups is 2. The van der Waals surface area contributed by atoms with Crippen LogP contribution in [-0.2, 0) is 26.9 Å². The summed E-state index contributed by atoms with van der Waals surface area (Å²) in [6.07, 6.45) is -2.00. The summed E-state index contributed by atoms with van der Waals surface area (Å²) in [6, 6.07) is 14.3. The molecular weight excluding hydrogens is 533 g/mol. The first-order valence-electron chi connectivity index (χ1n) is 12.1. The summed E-state index contributed by atoms with van der Waals surface area (Å²) in [5.74, 6) is 0.0747. The molecule has 2 N–H and O–H groups in total. The molecule has 6 rings (SSSR count). The first-order chi connectivity index (χ1) is 17.4. The van der Waals surface area contributed by atoms with Gasteiger partial charge in [0.25, 0.3) is 0 Å². The van der Waals surface area contributed by atoms with Gasteiger partial charge in [-0.2, -0.15) is 0 Å². The van der Waals surface area contributed by atoms with E-state index < -0.39 is 33.1 Å². The van der Waals surface area contributed by atoms with Crippen LogP contribution in [0.5, 0.6) is 5.75 Å². The number of Topliss-reactive ketones (excluding diaryl/α,β-unsaturated/α-hetero) is 2. The molecule has 3 atom stereocenters. The van der Waals surface area contributed by atoms with Gasteiger partial charge >= 0.3 is 33.1 Å². The van der Waals surface area contributed by atoms with Crippen molar-refractivity contribution in [2.75, 3.05) is 6.61 Å². The molecule has 4 saturated heterocycles. The van der Waals surface area contributed by atoms with Crippen LogP contribution in [0.15, 0.2) is 48.5 Å². The van der Waals surface area contributed by atoms with Gasteiger partial charge < -0.3 is 27.3 Å². The summed E-state index contributed by atoms with van der Waals surface area (Å²) in [4.78, 5) is 35.7. The molecule has 1 radical (unpaired) electrons. The maximum atomic E-state index is 12.6. The first-order valence-corrected chi connectivity index (χ1v) is 17.5. The minimum atomic E-state index is -3.54. The van der Waals surface area contributed by atoms with Crippen LogP contribution in [0.3, 0.4) is 0 Å². The lowest BCUT2D eigenvalue weighted by molar-refractivity contribution is -0.444. The van der Waals surface area contributed by atoms with Gasteiger partial charge in [-0.1, -0.05) is 45.0 Å². The Morgan fingerprint density at radius 1 is 1.03 bits per heavy atom. The van der Waals surface area contributed by atoms with Crippen LogP contribution in [0.1, 0.15) is 59.9 Å². The molecule has 13 heteroatoms. The predicted molar refractivity (Wildman–Crippen MR) is 134 cm³/mol. The van der Waals surface area contributed by atoms with Crippen LogP contribution < -0.4 is 4.74 Å². The molecule has 10 nitrogen and oxygen atoms in total. The molecule has 4 aliphatic rings. The average molecular weight is 562 g/mol. The SMILES string of the molecule is CC(C)(C)c1ccc(C(=O)CC(=O)c2ccc(OCCC[Si]34O[Si]5C[Si](O)(OC(O)(O5)O3)O4)cc2)cc1. The van der Waals surface area contributed by atoms with Crippen molar-refractivity contribution in [3.05, 3.63) is 65.2 Å². The van der Waals surface area contributed by atoms with Crippen LogP contribution >= 0.6 is 0 Å². The van der Waals surface area contributed by atoms with E-state index in [0.29, 0.717) is 35.9 Å². The monoisotopic (exact) mass is 561 g/mol. The zero-order valence-electron chi connectivity index (χ0n) is 20.8. The lowest BCUT2D eigenvalue weighted by atomic mass is 9.86. The minimum absolute atomic E-state index is 0.00948. The molecule has 2 aromatic rings. The van der Waals surface area contributed by atoms with E-state index in [1.807, 2.05) is 12.1 Å². The molecule has 3 unspecified atom stereocenters. The zero-order valence-corrected chi connectivity index (χ0v) is 23.8. The third-order valence-electron chi connectivity index (χ3n) is 6.23. The van der Waals surface area contributed by atoms with E-state index >= 15 is 0 Å². The van der Waals surface area contributed by atoms with E-state index in [1.54, 1.807) is 36.4 Å². The number of carbonyl (C=O) groups excluding carboxylic acids is 2. The summed E-state index contributed by atoms with van der Waals surface area (Å²) in [7, 11) is -8.76. The van der Waals surface area contributed by atoms with Crippen molar-refractivity contribution in [1.29, 1.82) is 0 Å². The normalized spacial score (nSPS) is 28.9. The molecule has 0 aliphatic carbocycles. The van der Waals surface area contributed by atoms with E-state index in [1.165, 1.54) is 0 Å². The molecule has 197 valence electrons. The topological polar surface area (TPSA) is 130 Å². The van der Waals surface area contributed by atoms with Gasteiger partial charge in [0.15, 0.2) is 11.6 Å². The van der Waals surface area contributed by atoms with Gasteiger partial charge in [0.1, 0.15) is 5.75 Å². The highest BCUT2D eigenvalue weighted by molar-refractivity contribution is 6.88. The first kappa shape index (κ1) is 26.6. The summed E-state index contributed by atoms with van der Waals surface area (Å²) in [5.41, 5.74) is 2.21. The number of ether oxygens (including phenoxy) is 1. The largest absolute Gasteiger partial charge is 0.498 e. The van der Waals surface area contributed by atoms with Crippen LogP contribution in [0, 0.1) is 0 Å². The Morgan fingerprint density at radius 2 is 1.65 bits per heavy atom. The highest BCUT2D eigenvalue weighted by Gasteiger charge is 2.75. The van der Waals surface area contributed by atoms with Crippen LogP contribution in [0.2, 0.25) is 11.7 Å². The number of aliphatic hydroxyl groups is 1. The van der Waals surface area contributed by atoms with Gasteiger partial charge in [-0.25, -0.2) is 0 Å². The Morgan fingerprint density at radius 3 is 2.22 bits per heavy atom. The summed E-state index contributed by atoms with van der Waals surface area (Å²) in [6.45, 7) is 6.61. The van der Waals surface area contributed by atoms with Crippen molar-refractivity contribution in [2.45, 2.75) is 56.9 Å². The average Bonchev–Trinajstić information content (AvgIpc) is 2.79. The van der Waals surface area contributed by atoms with Gasteiger partial charge in [-0.15, -0.1) is 0 Å². The number of ketones is 2. The van der Waals surface area contributed by atoms with E-state index in [2.05, 4.69) is 20.8 Å². The van der Waals surface area contributed by atoms with E-state index in [4.69, 9.17) is 26.2 Å². The van der Waals surface area contributed by atoms with Crippen molar-refractivity contribution >= 4 is 38.5 Å². The van der Waals surface area contributed by atoms with Crippen molar-refractivity contribution in [3.63, 3.8) is 0 Å². The Bertz CT molecular complexity index is 1160. The summed E-state index contributed by atoms with van der Waals surface area (Å²) < 4.78 is 33.0. The Hall–Kier alpha value is -2.05. The summed E-state index contributed by atoms with van der Waals surface area (Å²) in [5, 5.41) is 10.2. The van der Waals surface area contributed by atoms with E-state index in [-0.39, 0.29) is 29.1 Å². The molecule has 0 amide bonds. The van der Waals surface area contributed by atoms with Gasteiger partial charge in [0.2, 0.25) is 0 Å². The van der Waals surface area contributed by atoms with Crippen LogP contribution in [0.25, 0.3) is 0 Å². The fourth-order valence-electron chi connectivity index (χ4n) is 4.33. The predicted octanol–water partition coefficient (Wildman–Crippen LogP) is 2.83. The second kappa shape index (κ2) is 9.60. The molecule has 37 heavy (non-hydrogen) atoms. The van der Waals surface area contributed by atoms with Crippen molar-refractivity contribution in [3.8, 4) is 5.75 Å². The molecule has 4 fully saturated rings. The molecule has 0 aromatic heterocycles. The van der Waals surface area contributed by atoms with Gasteiger partial charge in [0.05, 0.1) is 18.7 Å². The highest BCUT2D eigenvalue weighted by Crippen LogP contribution is 2.46. The molecule has 0 saturated carbocycles. The minimum Gasteiger partial charge on any atom is -0.494 e. The molecule has 0 spiro atoms. The molecule has 4 heterocycles.